The number of hydrogen-bond acceptors (Lipinski definition) is 6. The lowest BCUT2D eigenvalue weighted by molar-refractivity contribution is -0.147. The summed E-state index contributed by atoms with van der Waals surface area (Å²) in [5, 5.41) is 5.44. The van der Waals surface area contributed by atoms with Gasteiger partial charge in [-0.25, -0.2) is 0 Å². The largest absolute Gasteiger partial charge is 0.494 e. The number of carbonyl (C=O) groups is 3. The van der Waals surface area contributed by atoms with Crippen molar-refractivity contribution in [3.8, 4) is 17.2 Å². The lowest BCUT2D eigenvalue weighted by atomic mass is 10.1. The molecule has 0 aliphatic rings. The molecule has 0 saturated heterocycles. The minimum Gasteiger partial charge on any atom is -0.494 e. The molecule has 3 aromatic rings. The second-order valence-corrected chi connectivity index (χ2v) is 8.44. The first-order chi connectivity index (χ1) is 17.8. The number of benzene rings is 3. The zero-order valence-electron chi connectivity index (χ0n) is 21.3. The van der Waals surface area contributed by atoms with Crippen molar-refractivity contribution in [2.24, 2.45) is 0 Å². The van der Waals surface area contributed by atoms with Crippen molar-refractivity contribution < 1.29 is 28.6 Å². The molecule has 2 N–H and O–H groups in total. The Hall–Kier alpha value is -4.33. The zero-order valence-corrected chi connectivity index (χ0v) is 21.3. The van der Waals surface area contributed by atoms with E-state index in [0.29, 0.717) is 35.9 Å². The molecule has 194 valence electrons. The maximum Gasteiger partial charge on any atom is 0.306 e. The van der Waals surface area contributed by atoms with Gasteiger partial charge in [0.1, 0.15) is 17.2 Å². The van der Waals surface area contributed by atoms with Gasteiger partial charge < -0.3 is 24.8 Å². The van der Waals surface area contributed by atoms with Crippen molar-refractivity contribution >= 4 is 29.2 Å². The van der Waals surface area contributed by atoms with E-state index in [9.17, 15) is 14.4 Å². The normalized spacial score (nSPS) is 10.4. The van der Waals surface area contributed by atoms with Gasteiger partial charge in [0.15, 0.2) is 6.61 Å². The van der Waals surface area contributed by atoms with Crippen LogP contribution in [0.25, 0.3) is 0 Å². The SMILES string of the molecule is CCOc1ccc(NC(=O)COC(=O)CCCC(=O)Nc2ccc(Oc3ccc(C)c(C)c3)cc2)cc1. The highest BCUT2D eigenvalue weighted by molar-refractivity contribution is 5.93. The second kappa shape index (κ2) is 13.7. The molecule has 0 bridgehead atoms. The Morgan fingerprint density at radius 1 is 0.703 bits per heavy atom. The fraction of sp³-hybridized carbons (Fsp3) is 0.276. The second-order valence-electron chi connectivity index (χ2n) is 8.44. The van der Waals surface area contributed by atoms with Gasteiger partial charge in [-0.2, -0.15) is 0 Å². The number of nitrogens with one attached hydrogen (secondary N) is 2. The summed E-state index contributed by atoms with van der Waals surface area (Å²) in [5.74, 6) is 0.915. The monoisotopic (exact) mass is 504 g/mol. The molecule has 8 nitrogen and oxygen atoms in total. The van der Waals surface area contributed by atoms with Crippen LogP contribution < -0.4 is 20.1 Å². The topological polar surface area (TPSA) is 103 Å². The van der Waals surface area contributed by atoms with Crippen LogP contribution in [-0.2, 0) is 19.1 Å². The van der Waals surface area contributed by atoms with Crippen LogP contribution in [0.5, 0.6) is 17.2 Å². The molecule has 0 atom stereocenters. The Bertz CT molecular complexity index is 1210. The third kappa shape index (κ3) is 9.33. The Balaban J connectivity index is 1.32. The van der Waals surface area contributed by atoms with E-state index >= 15 is 0 Å². The van der Waals surface area contributed by atoms with E-state index in [2.05, 4.69) is 10.6 Å². The van der Waals surface area contributed by atoms with Crippen molar-refractivity contribution in [1.29, 1.82) is 0 Å². The minimum atomic E-state index is -0.539. The summed E-state index contributed by atoms with van der Waals surface area (Å²) in [5.41, 5.74) is 3.55. The maximum absolute atomic E-state index is 12.2. The Morgan fingerprint density at radius 3 is 1.92 bits per heavy atom. The number of hydrogen-bond donors (Lipinski definition) is 2. The van der Waals surface area contributed by atoms with E-state index in [1.165, 1.54) is 5.56 Å². The first kappa shape index (κ1) is 27.3. The number of carbonyl (C=O) groups excluding carboxylic acids is 3. The Labute approximate surface area is 216 Å². The average Bonchev–Trinajstić information content (AvgIpc) is 2.87. The van der Waals surface area contributed by atoms with Crippen molar-refractivity contribution in [2.75, 3.05) is 23.8 Å². The molecule has 0 unspecified atom stereocenters. The summed E-state index contributed by atoms with van der Waals surface area (Å²) in [6.07, 6.45) is 0.486. The van der Waals surface area contributed by atoms with Crippen LogP contribution >= 0.6 is 0 Å². The summed E-state index contributed by atoms with van der Waals surface area (Å²) in [6, 6.07) is 19.9. The fourth-order valence-corrected chi connectivity index (χ4v) is 3.35. The molecule has 0 fully saturated rings. The molecular formula is C29H32N2O6. The van der Waals surface area contributed by atoms with Crippen LogP contribution in [0.1, 0.15) is 37.3 Å². The lowest BCUT2D eigenvalue weighted by Crippen LogP contribution is -2.21. The first-order valence-corrected chi connectivity index (χ1v) is 12.2. The van der Waals surface area contributed by atoms with Gasteiger partial charge in [0.2, 0.25) is 5.91 Å². The van der Waals surface area contributed by atoms with Crippen LogP contribution in [0.2, 0.25) is 0 Å². The molecule has 8 heteroatoms. The summed E-state index contributed by atoms with van der Waals surface area (Å²) in [4.78, 5) is 36.1. The van der Waals surface area contributed by atoms with Gasteiger partial charge in [-0.1, -0.05) is 6.07 Å². The van der Waals surface area contributed by atoms with E-state index in [4.69, 9.17) is 14.2 Å². The number of aryl methyl sites for hydroxylation is 2. The third-order valence-electron chi connectivity index (χ3n) is 5.45. The van der Waals surface area contributed by atoms with E-state index in [0.717, 1.165) is 11.3 Å². The molecule has 0 radical (unpaired) electrons. The third-order valence-corrected chi connectivity index (χ3v) is 5.45. The smallest absolute Gasteiger partial charge is 0.306 e. The molecule has 0 aromatic heterocycles. The molecular weight excluding hydrogens is 472 g/mol. The fourth-order valence-electron chi connectivity index (χ4n) is 3.35. The lowest BCUT2D eigenvalue weighted by Gasteiger charge is -2.10. The van der Waals surface area contributed by atoms with Crippen LogP contribution in [0, 0.1) is 13.8 Å². The quantitative estimate of drug-likeness (QED) is 0.303. The molecule has 0 aliphatic heterocycles. The van der Waals surface area contributed by atoms with Crippen molar-refractivity contribution in [1.82, 2.24) is 0 Å². The van der Waals surface area contributed by atoms with Gasteiger partial charge in [-0.15, -0.1) is 0 Å². The number of rotatable bonds is 12. The highest BCUT2D eigenvalue weighted by atomic mass is 16.5. The molecule has 0 heterocycles. The van der Waals surface area contributed by atoms with Crippen molar-refractivity contribution in [3.05, 3.63) is 77.9 Å². The Morgan fingerprint density at radius 2 is 1.30 bits per heavy atom. The molecule has 3 aromatic carbocycles. The molecule has 0 saturated carbocycles. The van der Waals surface area contributed by atoms with Gasteiger partial charge in [0, 0.05) is 24.2 Å². The Kier molecular flexibility index (Phi) is 10.1. The van der Waals surface area contributed by atoms with Gasteiger partial charge in [0.05, 0.1) is 6.61 Å². The number of ether oxygens (including phenoxy) is 3. The predicted molar refractivity (Wildman–Crippen MR) is 142 cm³/mol. The molecule has 0 spiro atoms. The standard InChI is InChI=1S/C29H32N2O6/c1-4-35-24-14-9-23(10-15-24)31-28(33)19-36-29(34)7-5-6-27(32)30-22-11-16-25(17-12-22)37-26-13-8-20(2)21(3)18-26/h8-18H,4-7,19H2,1-3H3,(H,30,32)(H,31,33). The molecule has 3 rings (SSSR count). The minimum absolute atomic E-state index is 0.0342. The van der Waals surface area contributed by atoms with E-state index in [1.54, 1.807) is 48.5 Å². The number of esters is 1. The first-order valence-electron chi connectivity index (χ1n) is 12.2. The van der Waals surface area contributed by atoms with E-state index in [1.807, 2.05) is 39.0 Å². The average molecular weight is 505 g/mol. The number of amides is 2. The number of anilines is 2. The van der Waals surface area contributed by atoms with Crippen molar-refractivity contribution in [2.45, 2.75) is 40.0 Å². The molecule has 2 amide bonds. The van der Waals surface area contributed by atoms with Crippen LogP contribution in [0.4, 0.5) is 11.4 Å². The maximum atomic E-state index is 12.2. The van der Waals surface area contributed by atoms with Crippen molar-refractivity contribution in [3.63, 3.8) is 0 Å². The molecule has 0 aliphatic carbocycles. The highest BCUT2D eigenvalue weighted by Crippen LogP contribution is 2.25. The zero-order chi connectivity index (χ0) is 26.6. The van der Waals surface area contributed by atoms with Crippen LogP contribution in [0.3, 0.4) is 0 Å². The van der Waals surface area contributed by atoms with Crippen LogP contribution in [-0.4, -0.2) is 31.0 Å². The summed E-state index contributed by atoms with van der Waals surface area (Å²) in [7, 11) is 0. The molecule has 37 heavy (non-hydrogen) atoms. The van der Waals surface area contributed by atoms with E-state index < -0.39 is 18.5 Å². The van der Waals surface area contributed by atoms with Crippen LogP contribution in [0.15, 0.2) is 66.7 Å². The highest BCUT2D eigenvalue weighted by Gasteiger charge is 2.10. The van der Waals surface area contributed by atoms with E-state index in [-0.39, 0.29) is 18.7 Å². The summed E-state index contributed by atoms with van der Waals surface area (Å²) >= 11 is 0. The van der Waals surface area contributed by atoms with Gasteiger partial charge in [-0.3, -0.25) is 14.4 Å². The summed E-state index contributed by atoms with van der Waals surface area (Å²) < 4.78 is 16.2. The van der Waals surface area contributed by atoms with Gasteiger partial charge in [-0.05, 0) is 99.0 Å². The summed E-state index contributed by atoms with van der Waals surface area (Å²) in [6.45, 7) is 6.13. The predicted octanol–water partition coefficient (Wildman–Crippen LogP) is 5.79. The van der Waals surface area contributed by atoms with Gasteiger partial charge in [0.25, 0.3) is 5.91 Å². The van der Waals surface area contributed by atoms with Gasteiger partial charge >= 0.3 is 5.97 Å².